The van der Waals surface area contributed by atoms with Gasteiger partial charge in [-0.1, -0.05) is 29.8 Å². The van der Waals surface area contributed by atoms with E-state index in [1.54, 1.807) is 19.1 Å². The van der Waals surface area contributed by atoms with Gasteiger partial charge in [0.15, 0.2) is 11.5 Å². The Morgan fingerprint density at radius 2 is 1.82 bits per heavy atom. The van der Waals surface area contributed by atoms with Crippen LogP contribution < -0.4 is 10.1 Å². The van der Waals surface area contributed by atoms with Gasteiger partial charge in [-0.2, -0.15) is 0 Å². The number of hydrogen-bond donors (Lipinski definition) is 1. The van der Waals surface area contributed by atoms with Gasteiger partial charge < -0.3 is 14.5 Å². The highest BCUT2D eigenvalue weighted by molar-refractivity contribution is 6.13. The number of hydrogen-bond acceptors (Lipinski definition) is 4. The van der Waals surface area contributed by atoms with E-state index in [9.17, 15) is 9.59 Å². The second-order valence-corrected chi connectivity index (χ2v) is 8.00. The fourth-order valence-electron chi connectivity index (χ4n) is 3.68. The predicted octanol–water partition coefficient (Wildman–Crippen LogP) is 4.72. The van der Waals surface area contributed by atoms with Crippen LogP contribution in [-0.2, 0) is 6.54 Å². The predicted molar refractivity (Wildman–Crippen MR) is 107 cm³/mol. The Hall–Kier alpha value is -3.08. The van der Waals surface area contributed by atoms with Gasteiger partial charge in [0.1, 0.15) is 16.9 Å². The molecule has 0 atom stereocenters. The first-order chi connectivity index (χ1) is 13.2. The molecule has 1 aliphatic rings. The number of benzene rings is 2. The lowest BCUT2D eigenvalue weighted by molar-refractivity contribution is 0.0623. The maximum atomic E-state index is 12.8. The number of ether oxygens (including phenoxy) is 1. The van der Waals surface area contributed by atoms with Crippen LogP contribution in [0.5, 0.6) is 5.75 Å². The summed E-state index contributed by atoms with van der Waals surface area (Å²) in [7, 11) is 0. The number of furan rings is 1. The van der Waals surface area contributed by atoms with Crippen LogP contribution in [0.1, 0.15) is 57.9 Å². The molecule has 0 saturated carbocycles. The van der Waals surface area contributed by atoms with Gasteiger partial charge in [-0.25, -0.2) is 0 Å². The first kappa shape index (κ1) is 18.3. The summed E-state index contributed by atoms with van der Waals surface area (Å²) in [6, 6.07) is 11.5. The van der Waals surface area contributed by atoms with E-state index < -0.39 is 5.60 Å². The van der Waals surface area contributed by atoms with Crippen molar-refractivity contribution in [3.05, 3.63) is 64.4 Å². The Balaban J connectivity index is 1.66. The molecule has 5 heteroatoms. The topological polar surface area (TPSA) is 68.5 Å². The molecule has 0 aliphatic carbocycles. The Morgan fingerprint density at radius 3 is 2.54 bits per heavy atom. The van der Waals surface area contributed by atoms with E-state index in [2.05, 4.69) is 5.32 Å². The summed E-state index contributed by atoms with van der Waals surface area (Å²) in [6.45, 7) is 8.02. The molecule has 0 spiro atoms. The third-order valence-electron chi connectivity index (χ3n) is 5.09. The molecular weight excluding hydrogens is 354 g/mol. The third-order valence-corrected chi connectivity index (χ3v) is 5.09. The summed E-state index contributed by atoms with van der Waals surface area (Å²) >= 11 is 0. The van der Waals surface area contributed by atoms with Crippen LogP contribution in [0.4, 0.5) is 0 Å². The lowest BCUT2D eigenvalue weighted by Crippen LogP contribution is -2.35. The van der Waals surface area contributed by atoms with E-state index in [1.807, 2.05) is 45.0 Å². The fraction of sp³-hybridized carbons (Fsp3) is 0.304. The minimum absolute atomic E-state index is 0.00682. The molecule has 144 valence electrons. The zero-order valence-electron chi connectivity index (χ0n) is 16.5. The molecule has 0 radical (unpaired) electrons. The summed E-state index contributed by atoms with van der Waals surface area (Å²) in [4.78, 5) is 25.5. The summed E-state index contributed by atoms with van der Waals surface area (Å²) in [5.74, 6) is 0.484. The van der Waals surface area contributed by atoms with Gasteiger partial charge in [-0.05, 0) is 45.4 Å². The molecule has 2 aromatic carbocycles. The van der Waals surface area contributed by atoms with Crippen LogP contribution in [-0.4, -0.2) is 17.3 Å². The minimum atomic E-state index is -0.538. The maximum absolute atomic E-state index is 12.8. The highest BCUT2D eigenvalue weighted by atomic mass is 16.5. The van der Waals surface area contributed by atoms with Gasteiger partial charge in [-0.15, -0.1) is 0 Å². The lowest BCUT2D eigenvalue weighted by Gasteiger charge is -2.31. The number of fused-ring (bicyclic) bond motifs is 3. The smallest absolute Gasteiger partial charge is 0.287 e. The van der Waals surface area contributed by atoms with E-state index in [-0.39, 0.29) is 17.5 Å². The number of carbonyl (C=O) groups excluding carboxylic acids is 2. The van der Waals surface area contributed by atoms with Crippen LogP contribution >= 0.6 is 0 Å². The van der Waals surface area contributed by atoms with Crippen molar-refractivity contribution in [3.63, 3.8) is 0 Å². The first-order valence-corrected chi connectivity index (χ1v) is 9.37. The van der Waals surface area contributed by atoms with Gasteiger partial charge in [0, 0.05) is 17.5 Å². The molecule has 0 saturated heterocycles. The molecule has 5 nitrogen and oxygen atoms in total. The van der Waals surface area contributed by atoms with Gasteiger partial charge >= 0.3 is 0 Å². The molecule has 0 bridgehead atoms. The Labute approximate surface area is 163 Å². The van der Waals surface area contributed by atoms with Gasteiger partial charge in [-0.3, -0.25) is 9.59 Å². The van der Waals surface area contributed by atoms with Crippen molar-refractivity contribution in [3.8, 4) is 5.75 Å². The molecule has 1 amide bonds. The number of ketones is 1. The lowest BCUT2D eigenvalue weighted by atomic mass is 9.90. The Bertz CT molecular complexity index is 1090. The second-order valence-electron chi connectivity index (χ2n) is 8.00. The number of Topliss-reactive ketones (excluding diaryl/α,β-unsaturated/α-hetero) is 1. The standard InChI is InChI=1S/C23H23NO4/c1-13-5-7-15(8-6-13)12-24-22(26)21-14(2)19-17(27-21)9-10-18-20(19)16(25)11-23(3,4)28-18/h5-10H,11-12H2,1-4H3,(H,24,26). The third kappa shape index (κ3) is 3.17. The zero-order valence-corrected chi connectivity index (χ0v) is 16.5. The quantitative estimate of drug-likeness (QED) is 0.717. The number of aryl methyl sites for hydroxylation is 2. The summed E-state index contributed by atoms with van der Waals surface area (Å²) in [5.41, 5.74) is 3.33. The van der Waals surface area contributed by atoms with E-state index in [4.69, 9.17) is 9.15 Å². The highest BCUT2D eigenvalue weighted by Crippen LogP contribution is 2.40. The molecule has 0 fully saturated rings. The number of rotatable bonds is 3. The van der Waals surface area contributed by atoms with Crippen molar-refractivity contribution in [2.24, 2.45) is 0 Å². The summed E-state index contributed by atoms with van der Waals surface area (Å²) in [5, 5.41) is 3.56. The number of carbonyl (C=O) groups is 2. The largest absolute Gasteiger partial charge is 0.487 e. The summed E-state index contributed by atoms with van der Waals surface area (Å²) < 4.78 is 11.8. The van der Waals surface area contributed by atoms with Crippen molar-refractivity contribution >= 4 is 22.7 Å². The average molecular weight is 377 g/mol. The van der Waals surface area contributed by atoms with E-state index in [0.29, 0.717) is 40.8 Å². The normalized spacial score (nSPS) is 15.2. The Morgan fingerprint density at radius 1 is 1.11 bits per heavy atom. The van der Waals surface area contributed by atoms with E-state index >= 15 is 0 Å². The van der Waals surface area contributed by atoms with Gasteiger partial charge in [0.2, 0.25) is 0 Å². The fourth-order valence-corrected chi connectivity index (χ4v) is 3.68. The van der Waals surface area contributed by atoms with Crippen LogP contribution in [0.25, 0.3) is 11.0 Å². The highest BCUT2D eigenvalue weighted by Gasteiger charge is 2.35. The molecule has 1 aliphatic heterocycles. The molecule has 28 heavy (non-hydrogen) atoms. The number of nitrogens with one attached hydrogen (secondary N) is 1. The van der Waals surface area contributed by atoms with Crippen LogP contribution in [0.3, 0.4) is 0 Å². The van der Waals surface area contributed by atoms with Crippen molar-refractivity contribution in [1.29, 1.82) is 0 Å². The van der Waals surface area contributed by atoms with Crippen molar-refractivity contribution < 1.29 is 18.7 Å². The minimum Gasteiger partial charge on any atom is -0.487 e. The zero-order chi connectivity index (χ0) is 20.1. The summed E-state index contributed by atoms with van der Waals surface area (Å²) in [6.07, 6.45) is 0.290. The molecule has 0 unspecified atom stereocenters. The molecular formula is C23H23NO4. The first-order valence-electron chi connectivity index (χ1n) is 9.37. The number of amides is 1. The van der Waals surface area contributed by atoms with Crippen LogP contribution in [0.2, 0.25) is 0 Å². The maximum Gasteiger partial charge on any atom is 0.287 e. The van der Waals surface area contributed by atoms with Crippen LogP contribution in [0.15, 0.2) is 40.8 Å². The van der Waals surface area contributed by atoms with Crippen molar-refractivity contribution in [2.75, 3.05) is 0 Å². The average Bonchev–Trinajstić information content (AvgIpc) is 2.96. The molecule has 4 rings (SSSR count). The monoisotopic (exact) mass is 377 g/mol. The van der Waals surface area contributed by atoms with Crippen molar-refractivity contribution in [2.45, 2.75) is 46.3 Å². The van der Waals surface area contributed by atoms with E-state index in [0.717, 1.165) is 5.56 Å². The second kappa shape index (κ2) is 6.51. The van der Waals surface area contributed by atoms with Crippen LogP contribution in [0, 0.1) is 13.8 Å². The molecule has 3 aromatic rings. The van der Waals surface area contributed by atoms with Gasteiger partial charge in [0.25, 0.3) is 5.91 Å². The van der Waals surface area contributed by atoms with Crippen molar-refractivity contribution in [1.82, 2.24) is 5.32 Å². The SMILES string of the molecule is Cc1ccc(CNC(=O)c2oc3ccc4c(c3c2C)C(=O)CC(C)(C)O4)cc1. The van der Waals surface area contributed by atoms with Gasteiger partial charge in [0.05, 0.1) is 12.0 Å². The Kier molecular flexibility index (Phi) is 4.26. The molecule has 1 aromatic heterocycles. The van der Waals surface area contributed by atoms with E-state index in [1.165, 1.54) is 5.56 Å². The molecule has 2 heterocycles. The molecule has 1 N–H and O–H groups in total.